The van der Waals surface area contributed by atoms with Crippen LogP contribution in [0.5, 0.6) is 0 Å². The average molecular weight is 270 g/mol. The SMILES string of the molecule is CCC(C)N(C)c1cc(NC)nc(-c2ccccc2)n1. The number of nitrogens with zero attached hydrogens (tertiary/aromatic N) is 3. The zero-order valence-corrected chi connectivity index (χ0v) is 12.6. The highest BCUT2D eigenvalue weighted by atomic mass is 15.2. The summed E-state index contributed by atoms with van der Waals surface area (Å²) < 4.78 is 0. The van der Waals surface area contributed by atoms with E-state index in [9.17, 15) is 0 Å². The smallest absolute Gasteiger partial charge is 0.163 e. The Morgan fingerprint density at radius 1 is 1.20 bits per heavy atom. The van der Waals surface area contributed by atoms with Crippen molar-refractivity contribution in [2.75, 3.05) is 24.3 Å². The van der Waals surface area contributed by atoms with Crippen molar-refractivity contribution < 1.29 is 0 Å². The second-order valence-electron chi connectivity index (χ2n) is 4.92. The van der Waals surface area contributed by atoms with Crippen LogP contribution in [0.1, 0.15) is 20.3 Å². The van der Waals surface area contributed by atoms with Crippen molar-refractivity contribution in [2.24, 2.45) is 0 Å². The molecule has 2 aromatic rings. The van der Waals surface area contributed by atoms with Crippen molar-refractivity contribution in [3.63, 3.8) is 0 Å². The fourth-order valence-corrected chi connectivity index (χ4v) is 1.96. The van der Waals surface area contributed by atoms with Gasteiger partial charge in [0.1, 0.15) is 11.6 Å². The first-order valence-electron chi connectivity index (χ1n) is 7.00. The summed E-state index contributed by atoms with van der Waals surface area (Å²) in [4.78, 5) is 11.4. The van der Waals surface area contributed by atoms with Gasteiger partial charge in [0, 0.05) is 31.8 Å². The molecule has 4 nitrogen and oxygen atoms in total. The largest absolute Gasteiger partial charge is 0.373 e. The Kier molecular flexibility index (Phi) is 4.56. The van der Waals surface area contributed by atoms with Crippen LogP contribution < -0.4 is 10.2 Å². The van der Waals surface area contributed by atoms with Crippen molar-refractivity contribution in [2.45, 2.75) is 26.3 Å². The van der Waals surface area contributed by atoms with Gasteiger partial charge in [0.15, 0.2) is 5.82 Å². The molecule has 2 rings (SSSR count). The summed E-state index contributed by atoms with van der Waals surface area (Å²) in [5.74, 6) is 2.53. The first kappa shape index (κ1) is 14.3. The van der Waals surface area contributed by atoms with E-state index in [4.69, 9.17) is 4.98 Å². The molecule has 0 radical (unpaired) electrons. The topological polar surface area (TPSA) is 41.0 Å². The highest BCUT2D eigenvalue weighted by Gasteiger charge is 2.13. The number of hydrogen-bond donors (Lipinski definition) is 1. The van der Waals surface area contributed by atoms with Crippen molar-refractivity contribution in [3.8, 4) is 11.4 Å². The predicted octanol–water partition coefficient (Wildman–Crippen LogP) is 3.42. The van der Waals surface area contributed by atoms with E-state index in [2.05, 4.69) is 36.1 Å². The van der Waals surface area contributed by atoms with Gasteiger partial charge in [0.2, 0.25) is 0 Å². The minimum Gasteiger partial charge on any atom is -0.373 e. The summed E-state index contributed by atoms with van der Waals surface area (Å²) in [7, 11) is 3.95. The standard InChI is InChI=1S/C16H22N4/c1-5-12(2)20(4)15-11-14(17-3)18-16(19-15)13-9-7-6-8-10-13/h6-12H,5H2,1-4H3,(H,17,18,19). The van der Waals surface area contributed by atoms with Gasteiger partial charge >= 0.3 is 0 Å². The van der Waals surface area contributed by atoms with Gasteiger partial charge in [-0.2, -0.15) is 0 Å². The van der Waals surface area contributed by atoms with Crippen molar-refractivity contribution >= 4 is 11.6 Å². The van der Waals surface area contributed by atoms with E-state index in [1.165, 1.54) is 0 Å². The number of rotatable bonds is 5. The maximum atomic E-state index is 4.70. The van der Waals surface area contributed by atoms with Crippen LogP contribution in [0.25, 0.3) is 11.4 Å². The molecule has 0 aliphatic heterocycles. The van der Waals surface area contributed by atoms with Gasteiger partial charge in [-0.05, 0) is 13.3 Å². The van der Waals surface area contributed by atoms with Gasteiger partial charge in [-0.1, -0.05) is 37.3 Å². The van der Waals surface area contributed by atoms with E-state index < -0.39 is 0 Å². The third-order valence-corrected chi connectivity index (χ3v) is 3.61. The minimum atomic E-state index is 0.443. The minimum absolute atomic E-state index is 0.443. The molecule has 1 aromatic heterocycles. The van der Waals surface area contributed by atoms with Crippen LogP contribution >= 0.6 is 0 Å². The summed E-state index contributed by atoms with van der Waals surface area (Å²) in [5, 5.41) is 3.11. The van der Waals surface area contributed by atoms with Crippen LogP contribution in [0.4, 0.5) is 11.6 Å². The third kappa shape index (κ3) is 3.07. The van der Waals surface area contributed by atoms with Crippen LogP contribution in [0.3, 0.4) is 0 Å². The zero-order valence-electron chi connectivity index (χ0n) is 12.6. The molecule has 1 atom stereocenters. The molecule has 1 unspecified atom stereocenters. The molecule has 4 heteroatoms. The van der Waals surface area contributed by atoms with E-state index in [1.54, 1.807) is 0 Å². The first-order valence-corrected chi connectivity index (χ1v) is 7.00. The second kappa shape index (κ2) is 6.37. The zero-order chi connectivity index (χ0) is 14.5. The lowest BCUT2D eigenvalue weighted by Gasteiger charge is -2.25. The molecule has 0 bridgehead atoms. The maximum absolute atomic E-state index is 4.70. The number of benzene rings is 1. The van der Waals surface area contributed by atoms with E-state index in [-0.39, 0.29) is 0 Å². The van der Waals surface area contributed by atoms with Gasteiger partial charge in [-0.3, -0.25) is 0 Å². The fraction of sp³-hybridized carbons (Fsp3) is 0.375. The lowest BCUT2D eigenvalue weighted by atomic mass is 10.2. The van der Waals surface area contributed by atoms with Crippen LogP contribution in [0.2, 0.25) is 0 Å². The molecule has 20 heavy (non-hydrogen) atoms. The monoisotopic (exact) mass is 270 g/mol. The summed E-state index contributed by atoms with van der Waals surface area (Å²) in [6.45, 7) is 4.38. The Balaban J connectivity index is 2.44. The Morgan fingerprint density at radius 2 is 1.90 bits per heavy atom. The third-order valence-electron chi connectivity index (χ3n) is 3.61. The maximum Gasteiger partial charge on any atom is 0.163 e. The number of nitrogens with one attached hydrogen (secondary N) is 1. The summed E-state index contributed by atoms with van der Waals surface area (Å²) in [6.07, 6.45) is 1.08. The number of anilines is 2. The van der Waals surface area contributed by atoms with Crippen LogP contribution in [0, 0.1) is 0 Å². The number of hydrogen-bond acceptors (Lipinski definition) is 4. The average Bonchev–Trinajstić information content (AvgIpc) is 2.53. The van der Waals surface area contributed by atoms with Gasteiger partial charge in [0.05, 0.1) is 0 Å². The van der Waals surface area contributed by atoms with E-state index in [1.807, 2.05) is 43.4 Å². The molecular weight excluding hydrogens is 248 g/mol. The second-order valence-corrected chi connectivity index (χ2v) is 4.92. The van der Waals surface area contributed by atoms with Crippen molar-refractivity contribution in [1.29, 1.82) is 0 Å². The molecule has 0 aliphatic rings. The van der Waals surface area contributed by atoms with Crippen LogP contribution in [-0.2, 0) is 0 Å². The first-order chi connectivity index (χ1) is 9.65. The quantitative estimate of drug-likeness (QED) is 0.904. The van der Waals surface area contributed by atoms with Crippen LogP contribution in [0.15, 0.2) is 36.4 Å². The molecule has 1 heterocycles. The van der Waals surface area contributed by atoms with E-state index in [0.717, 1.165) is 29.4 Å². The molecule has 106 valence electrons. The number of aromatic nitrogens is 2. The Bertz CT molecular complexity index is 554. The Labute approximate surface area is 120 Å². The summed E-state index contributed by atoms with van der Waals surface area (Å²) in [5.41, 5.74) is 1.03. The molecule has 0 saturated heterocycles. The molecule has 1 aromatic carbocycles. The molecule has 0 saturated carbocycles. The molecular formula is C16H22N4. The van der Waals surface area contributed by atoms with E-state index in [0.29, 0.717) is 6.04 Å². The lowest BCUT2D eigenvalue weighted by Crippen LogP contribution is -2.29. The fourth-order valence-electron chi connectivity index (χ4n) is 1.96. The summed E-state index contributed by atoms with van der Waals surface area (Å²) >= 11 is 0. The molecule has 0 fully saturated rings. The van der Waals surface area contributed by atoms with Gasteiger partial charge < -0.3 is 10.2 Å². The van der Waals surface area contributed by atoms with Crippen LogP contribution in [-0.4, -0.2) is 30.1 Å². The van der Waals surface area contributed by atoms with Gasteiger partial charge in [-0.15, -0.1) is 0 Å². The normalized spacial score (nSPS) is 12.0. The molecule has 1 N–H and O–H groups in total. The van der Waals surface area contributed by atoms with Gasteiger partial charge in [-0.25, -0.2) is 9.97 Å². The molecule has 0 amide bonds. The molecule has 0 spiro atoms. The van der Waals surface area contributed by atoms with Gasteiger partial charge in [0.25, 0.3) is 0 Å². The summed E-state index contributed by atoms with van der Waals surface area (Å²) in [6, 6.07) is 12.5. The Hall–Kier alpha value is -2.10. The molecule has 0 aliphatic carbocycles. The Morgan fingerprint density at radius 3 is 2.50 bits per heavy atom. The highest BCUT2D eigenvalue weighted by Crippen LogP contribution is 2.23. The van der Waals surface area contributed by atoms with E-state index >= 15 is 0 Å². The lowest BCUT2D eigenvalue weighted by molar-refractivity contribution is 0.656. The predicted molar refractivity (Wildman–Crippen MR) is 85.2 cm³/mol. The van der Waals surface area contributed by atoms with Crippen molar-refractivity contribution in [1.82, 2.24) is 9.97 Å². The van der Waals surface area contributed by atoms with Crippen molar-refractivity contribution in [3.05, 3.63) is 36.4 Å². The highest BCUT2D eigenvalue weighted by molar-refractivity contribution is 5.61.